The quantitative estimate of drug-likeness (QED) is 0.661. The summed E-state index contributed by atoms with van der Waals surface area (Å²) in [6.45, 7) is 1.58. The summed E-state index contributed by atoms with van der Waals surface area (Å²) >= 11 is 0. The van der Waals surface area contributed by atoms with Crippen molar-refractivity contribution in [1.82, 2.24) is 0 Å². The largest absolute Gasteiger partial charge is 0.377 e. The van der Waals surface area contributed by atoms with Crippen molar-refractivity contribution in [2.24, 2.45) is 0 Å². The number of ether oxygens (including phenoxy) is 1. The number of hydrogen-bond acceptors (Lipinski definition) is 1. The van der Waals surface area contributed by atoms with Crippen LogP contribution in [-0.2, 0) is 17.8 Å². The molecule has 0 bridgehead atoms. The molecule has 0 amide bonds. The van der Waals surface area contributed by atoms with E-state index in [1.165, 1.54) is 22.3 Å². The van der Waals surface area contributed by atoms with Crippen LogP contribution in [0.4, 0.5) is 0 Å². The lowest BCUT2D eigenvalue weighted by atomic mass is 9.94. The van der Waals surface area contributed by atoms with Crippen LogP contribution >= 0.6 is 0 Å². The fourth-order valence-electron chi connectivity index (χ4n) is 2.46. The molecule has 0 spiro atoms. The van der Waals surface area contributed by atoms with Crippen LogP contribution in [0.1, 0.15) is 17.5 Å². The minimum atomic E-state index is 0.727. The minimum absolute atomic E-state index is 0.727. The normalized spacial score (nSPS) is 15.1. The highest BCUT2D eigenvalue weighted by Crippen LogP contribution is 2.29. The molecular weight excluding hydrogens is 208 g/mol. The summed E-state index contributed by atoms with van der Waals surface area (Å²) in [5.74, 6) is 0. The SMILES string of the molecule is c1ccc2c(c1)CCCOCc1ccccc1-2. The van der Waals surface area contributed by atoms with Crippen molar-refractivity contribution in [2.45, 2.75) is 19.4 Å². The Morgan fingerprint density at radius 2 is 1.41 bits per heavy atom. The number of benzene rings is 2. The van der Waals surface area contributed by atoms with Crippen LogP contribution in [0.2, 0.25) is 0 Å². The fourth-order valence-corrected chi connectivity index (χ4v) is 2.46. The van der Waals surface area contributed by atoms with Crippen LogP contribution in [-0.4, -0.2) is 6.61 Å². The Hall–Kier alpha value is -1.60. The van der Waals surface area contributed by atoms with E-state index in [0.717, 1.165) is 26.1 Å². The van der Waals surface area contributed by atoms with Gasteiger partial charge in [-0.15, -0.1) is 0 Å². The van der Waals surface area contributed by atoms with Gasteiger partial charge < -0.3 is 4.74 Å². The predicted octanol–water partition coefficient (Wildman–Crippen LogP) is 3.82. The first-order valence-electron chi connectivity index (χ1n) is 6.19. The van der Waals surface area contributed by atoms with Crippen molar-refractivity contribution in [2.75, 3.05) is 6.61 Å². The summed E-state index contributed by atoms with van der Waals surface area (Å²) in [4.78, 5) is 0. The van der Waals surface area contributed by atoms with Crippen molar-refractivity contribution < 1.29 is 4.74 Å². The summed E-state index contributed by atoms with van der Waals surface area (Å²) in [6, 6.07) is 17.3. The van der Waals surface area contributed by atoms with Gasteiger partial charge in [-0.05, 0) is 35.1 Å². The molecule has 2 aromatic carbocycles. The Morgan fingerprint density at radius 1 is 0.765 bits per heavy atom. The Labute approximate surface area is 102 Å². The first-order valence-corrected chi connectivity index (χ1v) is 6.19. The van der Waals surface area contributed by atoms with Crippen molar-refractivity contribution in [3.05, 3.63) is 59.7 Å². The van der Waals surface area contributed by atoms with Gasteiger partial charge in [0.2, 0.25) is 0 Å². The number of rotatable bonds is 0. The Morgan fingerprint density at radius 3 is 2.24 bits per heavy atom. The molecule has 0 aromatic heterocycles. The fraction of sp³-hybridized carbons (Fsp3) is 0.250. The molecular formula is C16H16O. The van der Waals surface area contributed by atoms with Gasteiger partial charge in [0.1, 0.15) is 0 Å². The standard InChI is InChI=1S/C16H16O/c1-3-9-15-13(6-1)8-5-11-17-12-14-7-2-4-10-16(14)15/h1-4,6-7,9-10H,5,8,11-12H2. The first kappa shape index (κ1) is 10.5. The lowest BCUT2D eigenvalue weighted by molar-refractivity contribution is 0.119. The van der Waals surface area contributed by atoms with Gasteiger partial charge in [-0.3, -0.25) is 0 Å². The summed E-state index contributed by atoms with van der Waals surface area (Å²) in [7, 11) is 0. The molecule has 0 saturated heterocycles. The molecule has 0 fully saturated rings. The van der Waals surface area contributed by atoms with Gasteiger partial charge in [-0.2, -0.15) is 0 Å². The van der Waals surface area contributed by atoms with Crippen molar-refractivity contribution >= 4 is 0 Å². The van der Waals surface area contributed by atoms with Crippen LogP contribution in [0.15, 0.2) is 48.5 Å². The lowest BCUT2D eigenvalue weighted by Gasteiger charge is -2.11. The van der Waals surface area contributed by atoms with Crippen molar-refractivity contribution in [3.8, 4) is 11.1 Å². The van der Waals surface area contributed by atoms with E-state index in [4.69, 9.17) is 4.74 Å². The zero-order valence-electron chi connectivity index (χ0n) is 9.86. The Kier molecular flexibility index (Phi) is 2.93. The van der Waals surface area contributed by atoms with Crippen LogP contribution < -0.4 is 0 Å². The third kappa shape index (κ3) is 2.11. The van der Waals surface area contributed by atoms with Gasteiger partial charge in [0.15, 0.2) is 0 Å². The van der Waals surface area contributed by atoms with E-state index in [9.17, 15) is 0 Å². The number of hydrogen-bond donors (Lipinski definition) is 0. The van der Waals surface area contributed by atoms with Crippen LogP contribution in [0.5, 0.6) is 0 Å². The third-order valence-electron chi connectivity index (χ3n) is 3.32. The number of fused-ring (bicyclic) bond motifs is 3. The Bertz CT molecular complexity index is 469. The molecule has 0 unspecified atom stereocenters. The molecule has 0 saturated carbocycles. The van der Waals surface area contributed by atoms with Crippen molar-refractivity contribution in [1.29, 1.82) is 0 Å². The van der Waals surface area contributed by atoms with E-state index >= 15 is 0 Å². The summed E-state index contributed by atoms with van der Waals surface area (Å²) < 4.78 is 5.71. The average Bonchev–Trinajstić information content (AvgIpc) is 2.47. The molecule has 0 aliphatic carbocycles. The summed E-state index contributed by atoms with van der Waals surface area (Å²) in [5.41, 5.74) is 5.42. The highest BCUT2D eigenvalue weighted by atomic mass is 16.5. The molecule has 1 aliphatic rings. The first-order chi connectivity index (χ1) is 8.45. The topological polar surface area (TPSA) is 9.23 Å². The van der Waals surface area contributed by atoms with E-state index in [0.29, 0.717) is 0 Å². The van der Waals surface area contributed by atoms with Gasteiger partial charge in [-0.25, -0.2) is 0 Å². The molecule has 1 heteroatoms. The maximum absolute atomic E-state index is 5.71. The molecule has 0 radical (unpaired) electrons. The van der Waals surface area contributed by atoms with E-state index < -0.39 is 0 Å². The third-order valence-corrected chi connectivity index (χ3v) is 3.32. The van der Waals surface area contributed by atoms with Crippen molar-refractivity contribution in [3.63, 3.8) is 0 Å². The second-order valence-electron chi connectivity index (χ2n) is 4.47. The second kappa shape index (κ2) is 4.72. The van der Waals surface area contributed by atoms with Crippen LogP contribution in [0.25, 0.3) is 11.1 Å². The van der Waals surface area contributed by atoms with E-state index in [-0.39, 0.29) is 0 Å². The second-order valence-corrected chi connectivity index (χ2v) is 4.47. The van der Waals surface area contributed by atoms with E-state index in [1.807, 2.05) is 0 Å². The molecule has 1 nitrogen and oxygen atoms in total. The molecule has 1 aliphatic heterocycles. The van der Waals surface area contributed by atoms with Crippen LogP contribution in [0.3, 0.4) is 0 Å². The van der Waals surface area contributed by atoms with Gasteiger partial charge >= 0.3 is 0 Å². The minimum Gasteiger partial charge on any atom is -0.377 e. The van der Waals surface area contributed by atoms with Gasteiger partial charge in [0.25, 0.3) is 0 Å². The van der Waals surface area contributed by atoms with Crippen LogP contribution in [0, 0.1) is 0 Å². The molecule has 0 N–H and O–H groups in total. The monoisotopic (exact) mass is 224 g/mol. The van der Waals surface area contributed by atoms with E-state index in [2.05, 4.69) is 48.5 Å². The summed E-state index contributed by atoms with van der Waals surface area (Å²) in [5, 5.41) is 0. The zero-order valence-corrected chi connectivity index (χ0v) is 9.86. The maximum atomic E-state index is 5.71. The molecule has 0 atom stereocenters. The van der Waals surface area contributed by atoms with Gasteiger partial charge in [0.05, 0.1) is 6.61 Å². The smallest absolute Gasteiger partial charge is 0.0722 e. The number of aryl methyl sites for hydroxylation is 1. The lowest BCUT2D eigenvalue weighted by Crippen LogP contribution is -1.95. The molecule has 3 rings (SSSR count). The van der Waals surface area contributed by atoms with Gasteiger partial charge in [-0.1, -0.05) is 48.5 Å². The Balaban J connectivity index is 2.18. The zero-order chi connectivity index (χ0) is 11.5. The highest BCUT2D eigenvalue weighted by molar-refractivity contribution is 5.70. The van der Waals surface area contributed by atoms with E-state index in [1.54, 1.807) is 0 Å². The highest BCUT2D eigenvalue weighted by Gasteiger charge is 2.10. The van der Waals surface area contributed by atoms with Gasteiger partial charge in [0, 0.05) is 6.61 Å². The maximum Gasteiger partial charge on any atom is 0.0722 e. The predicted molar refractivity (Wildman–Crippen MR) is 69.9 cm³/mol. The molecule has 1 heterocycles. The average molecular weight is 224 g/mol. The molecule has 86 valence electrons. The summed E-state index contributed by atoms with van der Waals surface area (Å²) in [6.07, 6.45) is 2.20. The molecule has 2 aromatic rings. The molecule has 17 heavy (non-hydrogen) atoms.